The van der Waals surface area contributed by atoms with Crippen LogP contribution in [0.1, 0.15) is 11.1 Å². The molecule has 1 aliphatic heterocycles. The van der Waals surface area contributed by atoms with Crippen molar-refractivity contribution in [2.24, 2.45) is 0 Å². The maximum absolute atomic E-state index is 12.4. The summed E-state index contributed by atoms with van der Waals surface area (Å²) in [6.45, 7) is 7.62. The zero-order valence-corrected chi connectivity index (χ0v) is 32.9. The van der Waals surface area contributed by atoms with Gasteiger partial charge in [0.1, 0.15) is 36.2 Å². The van der Waals surface area contributed by atoms with E-state index in [0.717, 1.165) is 70.9 Å². The second-order valence-electron chi connectivity index (χ2n) is 14.9. The first-order chi connectivity index (χ1) is 29.0. The smallest absolute Gasteiger partial charge is 0.128 e. The molecule has 0 amide bonds. The topological polar surface area (TPSA) is 86.6 Å². The van der Waals surface area contributed by atoms with Gasteiger partial charge >= 0.3 is 0 Å². The van der Waals surface area contributed by atoms with Gasteiger partial charge in [-0.15, -0.1) is 0 Å². The highest BCUT2D eigenvalue weighted by Gasteiger charge is 2.24. The Balaban J connectivity index is 1.17. The highest BCUT2D eigenvalue weighted by Crippen LogP contribution is 2.49. The van der Waals surface area contributed by atoms with Gasteiger partial charge in [-0.05, 0) is 91.3 Å². The van der Waals surface area contributed by atoms with Crippen LogP contribution in [0.2, 0.25) is 0 Å². The first kappa shape index (κ1) is 38.2. The molecule has 0 spiro atoms. The van der Waals surface area contributed by atoms with E-state index in [2.05, 4.69) is 43.0 Å². The maximum Gasteiger partial charge on any atom is 0.128 e. The average Bonchev–Trinajstić information content (AvgIpc) is 3.26. The van der Waals surface area contributed by atoms with Gasteiger partial charge in [0, 0.05) is 22.3 Å². The predicted molar refractivity (Wildman–Crippen MR) is 237 cm³/mol. The second kappa shape index (κ2) is 17.2. The molecular weight excluding hydrogens is 737 g/mol. The van der Waals surface area contributed by atoms with Crippen LogP contribution in [0.15, 0.2) is 146 Å². The average molecular weight is 783 g/mol. The Labute approximate surface area is 343 Å². The molecule has 0 radical (unpaired) electrons. The normalized spacial score (nSPS) is 15.0. The minimum Gasteiger partial charge on any atom is -0.507 e. The highest BCUT2D eigenvalue weighted by molar-refractivity contribution is 6.11. The van der Waals surface area contributed by atoms with Gasteiger partial charge in [-0.3, -0.25) is 0 Å². The SMILES string of the molecule is C=C1Cc2cc3ccccc3c(c2O)-c2c(ccc3ccccc23)OCCOCCOCCOCCOc2ccc3ccccc3c2-c2c(O)c(cc3ccccc23)C1. The maximum atomic E-state index is 12.4. The molecule has 0 fully saturated rings. The van der Waals surface area contributed by atoms with Crippen LogP contribution >= 0.6 is 0 Å². The Hall–Kier alpha value is -6.38. The van der Waals surface area contributed by atoms with Crippen molar-refractivity contribution in [1.82, 2.24) is 0 Å². The fraction of sp³-hybridized carbons (Fsp3) is 0.192. The molecule has 0 atom stereocenters. The van der Waals surface area contributed by atoms with Crippen molar-refractivity contribution < 1.29 is 33.9 Å². The molecule has 2 N–H and O–H groups in total. The lowest BCUT2D eigenvalue weighted by Crippen LogP contribution is -2.14. The first-order valence-corrected chi connectivity index (χ1v) is 20.2. The predicted octanol–water partition coefficient (Wildman–Crippen LogP) is 11.2. The molecule has 59 heavy (non-hydrogen) atoms. The molecular formula is C52H46O7. The second-order valence-corrected chi connectivity index (χ2v) is 14.9. The molecule has 8 aromatic rings. The van der Waals surface area contributed by atoms with Crippen LogP contribution in [0, 0.1) is 0 Å². The minimum atomic E-state index is 0.172. The van der Waals surface area contributed by atoms with E-state index in [4.69, 9.17) is 23.7 Å². The number of ether oxygens (including phenoxy) is 5. The fourth-order valence-electron chi connectivity index (χ4n) is 8.39. The van der Waals surface area contributed by atoms with Crippen LogP contribution < -0.4 is 9.47 Å². The third kappa shape index (κ3) is 7.80. The Morgan fingerprint density at radius 3 is 1.12 bits per heavy atom. The molecule has 296 valence electrons. The quantitative estimate of drug-likeness (QED) is 0.148. The molecule has 0 saturated carbocycles. The number of fused-ring (bicyclic) bond motifs is 16. The lowest BCUT2D eigenvalue weighted by Gasteiger charge is -2.21. The van der Waals surface area contributed by atoms with Gasteiger partial charge in [0.2, 0.25) is 0 Å². The van der Waals surface area contributed by atoms with Gasteiger partial charge in [-0.25, -0.2) is 0 Å². The van der Waals surface area contributed by atoms with E-state index in [1.54, 1.807) is 0 Å². The van der Waals surface area contributed by atoms with Crippen LogP contribution in [-0.4, -0.2) is 63.1 Å². The minimum absolute atomic E-state index is 0.172. The van der Waals surface area contributed by atoms with Crippen molar-refractivity contribution in [2.75, 3.05) is 52.9 Å². The first-order valence-electron chi connectivity index (χ1n) is 20.2. The zero-order chi connectivity index (χ0) is 40.1. The summed E-state index contributed by atoms with van der Waals surface area (Å²) in [5, 5.41) is 32.7. The van der Waals surface area contributed by atoms with E-state index in [0.29, 0.717) is 88.3 Å². The lowest BCUT2D eigenvalue weighted by molar-refractivity contribution is 0.00505. The van der Waals surface area contributed by atoms with Crippen LogP contribution in [0.4, 0.5) is 0 Å². The molecule has 0 aliphatic carbocycles. The van der Waals surface area contributed by atoms with E-state index in [1.807, 2.05) is 97.1 Å². The molecule has 0 unspecified atom stereocenters. The summed E-state index contributed by atoms with van der Waals surface area (Å²) in [6, 6.07) is 44.7. The van der Waals surface area contributed by atoms with Gasteiger partial charge in [0.15, 0.2) is 0 Å². The highest BCUT2D eigenvalue weighted by atomic mass is 16.6. The van der Waals surface area contributed by atoms with Gasteiger partial charge in [0.05, 0.1) is 39.6 Å². The number of hydrogen-bond acceptors (Lipinski definition) is 7. The van der Waals surface area contributed by atoms with E-state index < -0.39 is 0 Å². The summed E-state index contributed by atoms with van der Waals surface area (Å²) in [5.41, 5.74) is 5.35. The van der Waals surface area contributed by atoms with E-state index >= 15 is 0 Å². The van der Waals surface area contributed by atoms with Crippen LogP contribution in [0.5, 0.6) is 23.0 Å². The summed E-state index contributed by atoms with van der Waals surface area (Å²) < 4.78 is 30.4. The van der Waals surface area contributed by atoms with Crippen molar-refractivity contribution >= 4 is 43.1 Å². The Bertz CT molecular complexity index is 2630. The number of phenolic OH excluding ortho intramolecular Hbond substituents is 2. The van der Waals surface area contributed by atoms with Crippen molar-refractivity contribution in [3.8, 4) is 45.3 Å². The summed E-state index contributed by atoms with van der Waals surface area (Å²) in [6.07, 6.45) is 0.759. The van der Waals surface area contributed by atoms with Crippen molar-refractivity contribution in [2.45, 2.75) is 12.8 Å². The Morgan fingerprint density at radius 1 is 0.373 bits per heavy atom. The third-order valence-corrected chi connectivity index (χ3v) is 11.1. The monoisotopic (exact) mass is 782 g/mol. The van der Waals surface area contributed by atoms with Crippen LogP contribution in [0.3, 0.4) is 0 Å². The molecule has 8 aromatic carbocycles. The number of aromatic hydroxyl groups is 2. The largest absolute Gasteiger partial charge is 0.507 e. The number of hydrogen-bond donors (Lipinski definition) is 2. The molecule has 9 rings (SSSR count). The molecule has 0 aromatic heterocycles. The van der Waals surface area contributed by atoms with Crippen molar-refractivity contribution in [1.29, 1.82) is 0 Å². The molecule has 7 nitrogen and oxygen atoms in total. The number of allylic oxidation sites excluding steroid dienone is 1. The third-order valence-electron chi connectivity index (χ3n) is 11.1. The standard InChI is InChI=1S/C52H46O7/c1-34-30-39-32-37-12-4-8-16-43(37)49(51(39)53)47-41-14-6-2-10-35(41)18-20-45(47)58-28-26-56-24-22-55-23-25-57-27-29-59-46-21-19-36-11-3-7-15-42(36)48(46)50-44-17-9-5-13-38(44)33-40(31-34)52(50)54/h2-21,32-33,53-54H,1,22-31H2. The molecule has 0 saturated heterocycles. The van der Waals surface area contributed by atoms with Gasteiger partial charge in [0.25, 0.3) is 0 Å². The lowest BCUT2D eigenvalue weighted by atomic mass is 9.87. The summed E-state index contributed by atoms with van der Waals surface area (Å²) >= 11 is 0. The fourth-order valence-corrected chi connectivity index (χ4v) is 8.39. The molecule has 4 bridgehead atoms. The number of phenols is 2. The van der Waals surface area contributed by atoms with Gasteiger partial charge < -0.3 is 33.9 Å². The van der Waals surface area contributed by atoms with Crippen molar-refractivity contribution in [3.63, 3.8) is 0 Å². The van der Waals surface area contributed by atoms with E-state index in [9.17, 15) is 10.2 Å². The molecule has 1 aliphatic rings. The van der Waals surface area contributed by atoms with E-state index in [-0.39, 0.29) is 11.5 Å². The summed E-state index contributed by atoms with van der Waals surface area (Å²) in [5.74, 6) is 1.66. The summed E-state index contributed by atoms with van der Waals surface area (Å²) in [7, 11) is 0. The molecule has 7 heteroatoms. The van der Waals surface area contributed by atoms with Gasteiger partial charge in [-0.2, -0.15) is 0 Å². The number of rotatable bonds is 0. The van der Waals surface area contributed by atoms with Gasteiger partial charge in [-0.1, -0.05) is 121 Å². The molecule has 1 heterocycles. The number of benzene rings is 8. The Kier molecular flexibility index (Phi) is 11.1. The zero-order valence-electron chi connectivity index (χ0n) is 32.9. The van der Waals surface area contributed by atoms with Crippen LogP contribution in [-0.2, 0) is 27.1 Å². The van der Waals surface area contributed by atoms with E-state index in [1.165, 1.54) is 0 Å². The van der Waals surface area contributed by atoms with Crippen molar-refractivity contribution in [3.05, 3.63) is 157 Å². The Morgan fingerprint density at radius 2 is 0.712 bits per heavy atom. The van der Waals surface area contributed by atoms with Crippen LogP contribution in [0.25, 0.3) is 65.3 Å². The summed E-state index contributed by atoms with van der Waals surface area (Å²) in [4.78, 5) is 0.